The van der Waals surface area contributed by atoms with E-state index in [0.717, 1.165) is 6.08 Å². The molecule has 3 N–H and O–H groups in total. The average molecular weight is 518 g/mol. The topological polar surface area (TPSA) is 102 Å². The minimum Gasteiger partial charge on any atom is -0.440 e. The molecule has 0 bridgehead atoms. The predicted octanol–water partition coefficient (Wildman–Crippen LogP) is 4.34. The van der Waals surface area contributed by atoms with Crippen LogP contribution in [0.5, 0.6) is 5.75 Å². The van der Waals surface area contributed by atoms with Gasteiger partial charge >= 0.3 is 6.18 Å². The number of alkyl halides is 4. The molecule has 12 heteroatoms. The Morgan fingerprint density at radius 2 is 1.80 bits per heavy atom. The van der Waals surface area contributed by atoms with Crippen LogP contribution in [0.25, 0.3) is 0 Å². The number of aldehydes is 1. The van der Waals surface area contributed by atoms with Crippen LogP contribution in [0, 0.1) is 0 Å². The van der Waals surface area contributed by atoms with E-state index in [0.29, 0.717) is 17.6 Å². The summed E-state index contributed by atoms with van der Waals surface area (Å²) >= 11 is 0. The third-order valence-electron chi connectivity index (χ3n) is 4.84. The molecule has 7 nitrogen and oxygen atoms in total. The normalized spacial score (nSPS) is 13.9. The van der Waals surface area contributed by atoms with Crippen molar-refractivity contribution in [3.8, 4) is 5.75 Å². The van der Waals surface area contributed by atoms with Crippen molar-refractivity contribution in [1.29, 1.82) is 0 Å². The number of hydrogen-bond donors (Lipinski definition) is 2. The zero-order valence-electron chi connectivity index (χ0n) is 19.3. The maximum absolute atomic E-state index is 15.3. The van der Waals surface area contributed by atoms with E-state index >= 15 is 4.39 Å². The molecule has 35 heavy (non-hydrogen) atoms. The van der Waals surface area contributed by atoms with E-state index in [9.17, 15) is 26.4 Å². The van der Waals surface area contributed by atoms with Crippen LogP contribution in [0.2, 0.25) is 0 Å². The average Bonchev–Trinajstić information content (AvgIpc) is 2.76. The summed E-state index contributed by atoms with van der Waals surface area (Å²) in [7, 11) is -4.70. The third kappa shape index (κ3) is 8.64. The largest absolute Gasteiger partial charge is 0.440 e. The van der Waals surface area contributed by atoms with Gasteiger partial charge in [0.05, 0.1) is 5.54 Å². The van der Waals surface area contributed by atoms with Gasteiger partial charge in [-0.1, -0.05) is 24.3 Å². The number of hydrogen-bond acceptors (Lipinski definition) is 6. The van der Waals surface area contributed by atoms with Crippen molar-refractivity contribution in [2.75, 3.05) is 12.3 Å². The number of sulfonamides is 1. The monoisotopic (exact) mass is 517 g/mol. The van der Waals surface area contributed by atoms with E-state index in [1.54, 1.807) is 6.92 Å². The van der Waals surface area contributed by atoms with Gasteiger partial charge in [-0.3, -0.25) is 9.80 Å². The van der Waals surface area contributed by atoms with E-state index in [4.69, 9.17) is 10.6 Å². The Kier molecular flexibility index (Phi) is 9.04. The maximum Gasteiger partial charge on any atom is 0.404 e. The predicted molar refractivity (Wildman–Crippen MR) is 123 cm³/mol. The molecule has 2 rings (SSSR count). The number of nitrogens with two attached hydrogens (primary N) is 1. The summed E-state index contributed by atoms with van der Waals surface area (Å²) in [4.78, 5) is 10.8. The van der Waals surface area contributed by atoms with Gasteiger partial charge in [-0.15, -0.1) is 0 Å². The molecule has 0 fully saturated rings. The van der Waals surface area contributed by atoms with E-state index in [-0.39, 0.29) is 23.6 Å². The zero-order chi connectivity index (χ0) is 26.4. The number of hydrazine groups is 1. The first-order chi connectivity index (χ1) is 16.2. The fourth-order valence-electron chi connectivity index (χ4n) is 3.10. The van der Waals surface area contributed by atoms with Crippen LogP contribution in [0.15, 0.2) is 60.5 Å². The van der Waals surface area contributed by atoms with E-state index in [1.165, 1.54) is 67.4 Å². The van der Waals surface area contributed by atoms with Crippen molar-refractivity contribution >= 4 is 16.3 Å². The highest BCUT2D eigenvalue weighted by Crippen LogP contribution is 2.29. The second kappa shape index (κ2) is 11.2. The fourth-order valence-corrected chi connectivity index (χ4v) is 4.50. The molecule has 1 unspecified atom stereocenters. The number of halogens is 4. The quantitative estimate of drug-likeness (QED) is 0.151. The van der Waals surface area contributed by atoms with Gasteiger partial charge < -0.3 is 4.74 Å². The summed E-state index contributed by atoms with van der Waals surface area (Å²) in [6.07, 6.45) is -4.89. The van der Waals surface area contributed by atoms with Crippen LogP contribution in [0.3, 0.4) is 0 Å². The second-order valence-electron chi connectivity index (χ2n) is 8.21. The second-order valence-corrected chi connectivity index (χ2v) is 9.93. The molecule has 0 spiro atoms. The van der Waals surface area contributed by atoms with Gasteiger partial charge in [0, 0.05) is 18.2 Å². The van der Waals surface area contributed by atoms with Crippen LogP contribution in [0.1, 0.15) is 48.4 Å². The minimum atomic E-state index is -4.91. The SMILES string of the molecule is CCN(N)C(=CC(F)c1cccc(C(C)(C)NS(=O)(=O)CC(F)(F)F)c1)Oc1ccc(C=O)cc1. The van der Waals surface area contributed by atoms with Crippen LogP contribution >= 0.6 is 0 Å². The Morgan fingerprint density at radius 1 is 1.17 bits per heavy atom. The summed E-state index contributed by atoms with van der Waals surface area (Å²) in [5.41, 5.74) is -0.667. The van der Waals surface area contributed by atoms with Gasteiger partial charge in [0.1, 0.15) is 18.2 Å². The molecule has 0 amide bonds. The maximum atomic E-state index is 15.3. The highest BCUT2D eigenvalue weighted by Gasteiger charge is 2.38. The first-order valence-electron chi connectivity index (χ1n) is 10.5. The fraction of sp³-hybridized carbons (Fsp3) is 0.348. The molecule has 2 aromatic carbocycles. The van der Waals surface area contributed by atoms with Gasteiger partial charge in [0.25, 0.3) is 0 Å². The molecule has 0 aliphatic rings. The molecule has 1 atom stereocenters. The molecule has 0 heterocycles. The Bertz CT molecular complexity index is 1150. The lowest BCUT2D eigenvalue weighted by Gasteiger charge is -2.27. The first-order valence-corrected chi connectivity index (χ1v) is 12.1. The number of ether oxygens (including phenoxy) is 1. The Hall–Kier alpha value is -2.96. The number of nitrogens with one attached hydrogen (secondary N) is 1. The van der Waals surface area contributed by atoms with Crippen molar-refractivity contribution < 1.29 is 35.5 Å². The number of benzene rings is 2. The molecular formula is C23H27F4N3O4S. The van der Waals surface area contributed by atoms with Crippen molar-refractivity contribution in [1.82, 2.24) is 9.73 Å². The first kappa shape index (κ1) is 28.3. The Balaban J connectivity index is 2.31. The Labute approximate surface area is 201 Å². The summed E-state index contributed by atoms with van der Waals surface area (Å²) in [5, 5.41) is 1.17. The molecule has 0 radical (unpaired) electrons. The Morgan fingerprint density at radius 3 is 2.34 bits per heavy atom. The molecule has 0 aromatic heterocycles. The highest BCUT2D eigenvalue weighted by atomic mass is 32.2. The number of carbonyl (C=O) groups excluding carboxylic acids is 1. The number of nitrogens with zero attached hydrogens (tertiary/aromatic N) is 1. The number of allylic oxidation sites excluding steroid dienone is 1. The lowest BCUT2D eigenvalue weighted by molar-refractivity contribution is -0.106. The van der Waals surface area contributed by atoms with Gasteiger partial charge in [-0.2, -0.15) is 13.2 Å². The molecule has 2 aromatic rings. The van der Waals surface area contributed by atoms with Gasteiger partial charge in [-0.25, -0.2) is 23.4 Å². The van der Waals surface area contributed by atoms with Gasteiger partial charge in [0.15, 0.2) is 5.75 Å². The van der Waals surface area contributed by atoms with Gasteiger partial charge in [0.2, 0.25) is 15.9 Å². The van der Waals surface area contributed by atoms with Crippen LogP contribution < -0.4 is 15.3 Å². The molecule has 0 saturated carbocycles. The number of rotatable bonds is 11. The molecular weight excluding hydrogens is 490 g/mol. The third-order valence-corrected chi connectivity index (χ3v) is 6.37. The summed E-state index contributed by atoms with van der Waals surface area (Å²) < 4.78 is 84.6. The van der Waals surface area contributed by atoms with Crippen LogP contribution in [0.4, 0.5) is 17.6 Å². The molecule has 192 valence electrons. The summed E-state index contributed by atoms with van der Waals surface area (Å²) in [6, 6.07) is 11.8. The van der Waals surface area contributed by atoms with Gasteiger partial charge in [-0.05, 0) is 56.2 Å². The molecule has 0 aliphatic heterocycles. The summed E-state index contributed by atoms with van der Waals surface area (Å²) in [6.45, 7) is 4.74. The van der Waals surface area contributed by atoms with E-state index in [1.807, 2.05) is 4.72 Å². The lowest BCUT2D eigenvalue weighted by Crippen LogP contribution is -2.44. The zero-order valence-corrected chi connectivity index (χ0v) is 20.2. The molecule has 0 saturated heterocycles. The standard InChI is InChI=1S/C23H27F4N3O4S/c1-4-30(28)21(34-19-10-8-16(14-31)9-11-19)13-20(24)17-6-5-7-18(12-17)22(2,3)29-35(32,33)15-23(25,26)27/h5-14,20,29H,4,15,28H2,1-3H3. The number of carbonyl (C=O) groups is 1. The van der Waals surface area contributed by atoms with Crippen molar-refractivity contribution in [2.45, 2.75) is 38.7 Å². The molecule has 0 aliphatic carbocycles. The van der Waals surface area contributed by atoms with Crippen molar-refractivity contribution in [3.63, 3.8) is 0 Å². The van der Waals surface area contributed by atoms with Crippen LogP contribution in [-0.4, -0.2) is 38.2 Å². The highest BCUT2D eigenvalue weighted by molar-refractivity contribution is 7.89. The summed E-state index contributed by atoms with van der Waals surface area (Å²) in [5.74, 6) is 4.18. The minimum absolute atomic E-state index is 0.0191. The van der Waals surface area contributed by atoms with Crippen LogP contribution in [-0.2, 0) is 15.6 Å². The smallest absolute Gasteiger partial charge is 0.404 e. The van der Waals surface area contributed by atoms with E-state index in [2.05, 4.69) is 0 Å². The van der Waals surface area contributed by atoms with Crippen molar-refractivity contribution in [3.05, 3.63) is 77.2 Å². The van der Waals surface area contributed by atoms with E-state index < -0.39 is 33.7 Å². The lowest BCUT2D eigenvalue weighted by atomic mass is 9.93. The van der Waals surface area contributed by atoms with Crippen molar-refractivity contribution in [2.24, 2.45) is 5.84 Å².